The van der Waals surface area contributed by atoms with Crippen molar-refractivity contribution in [1.82, 2.24) is 20.3 Å². The molecule has 8 nitrogen and oxygen atoms in total. The number of aromatic nitrogens is 1. The van der Waals surface area contributed by atoms with E-state index in [1.54, 1.807) is 13.1 Å². The van der Waals surface area contributed by atoms with E-state index < -0.39 is 10.0 Å². The van der Waals surface area contributed by atoms with E-state index in [1.807, 2.05) is 6.92 Å². The molecule has 0 radical (unpaired) electrons. The van der Waals surface area contributed by atoms with Crippen molar-refractivity contribution >= 4 is 40.0 Å². The molecule has 0 aliphatic heterocycles. The smallest absolute Gasteiger partial charge is 0.216 e. The fourth-order valence-electron chi connectivity index (χ4n) is 1.71. The highest BCUT2D eigenvalue weighted by Crippen LogP contribution is 2.22. The largest absolute Gasteiger partial charge is 0.443 e. The zero-order valence-corrected chi connectivity index (χ0v) is 18.7. The highest BCUT2D eigenvalue weighted by atomic mass is 127. The van der Waals surface area contributed by atoms with Crippen molar-refractivity contribution in [3.05, 3.63) is 17.8 Å². The van der Waals surface area contributed by atoms with Gasteiger partial charge in [-0.05, 0) is 13.8 Å². The van der Waals surface area contributed by atoms with Crippen LogP contribution >= 0.6 is 24.0 Å². The predicted octanol–water partition coefficient (Wildman–Crippen LogP) is 1.58. The van der Waals surface area contributed by atoms with E-state index in [-0.39, 0.29) is 35.1 Å². The van der Waals surface area contributed by atoms with Gasteiger partial charge in [-0.3, -0.25) is 0 Å². The van der Waals surface area contributed by atoms with Crippen molar-refractivity contribution in [2.45, 2.75) is 46.6 Å². The molecule has 0 saturated carbocycles. The average Bonchev–Trinajstić information content (AvgIpc) is 2.98. The molecule has 0 saturated heterocycles. The number of nitrogens with zero attached hydrogens (tertiary/aromatic N) is 2. The summed E-state index contributed by atoms with van der Waals surface area (Å²) < 4.78 is 30.9. The van der Waals surface area contributed by atoms with Crippen LogP contribution in [0.5, 0.6) is 0 Å². The molecule has 3 N–H and O–H groups in total. The van der Waals surface area contributed by atoms with Crippen LogP contribution in [0.25, 0.3) is 0 Å². The summed E-state index contributed by atoms with van der Waals surface area (Å²) in [4.78, 5) is 8.63. The summed E-state index contributed by atoms with van der Waals surface area (Å²) in [5.74, 6) is 2.02. The Balaban J connectivity index is 0.00000576. The number of guanidine groups is 1. The third-order valence-electron chi connectivity index (χ3n) is 3.13. The van der Waals surface area contributed by atoms with Crippen LogP contribution in [0.2, 0.25) is 0 Å². The van der Waals surface area contributed by atoms with Crippen LogP contribution < -0.4 is 15.4 Å². The average molecular weight is 487 g/mol. The lowest BCUT2D eigenvalue weighted by Crippen LogP contribution is -2.41. The molecular weight excluding hydrogens is 457 g/mol. The van der Waals surface area contributed by atoms with E-state index in [0.717, 1.165) is 5.76 Å². The van der Waals surface area contributed by atoms with Crippen molar-refractivity contribution in [3.8, 4) is 0 Å². The second-order valence-electron chi connectivity index (χ2n) is 6.29. The maximum Gasteiger partial charge on any atom is 0.216 e. The summed E-state index contributed by atoms with van der Waals surface area (Å²) in [6.45, 7) is 11.5. The van der Waals surface area contributed by atoms with Gasteiger partial charge in [0, 0.05) is 25.0 Å². The number of aliphatic imine (C=N–C) groups is 1. The normalized spacial score (nSPS) is 12.6. The van der Waals surface area contributed by atoms with Crippen LogP contribution in [-0.2, 0) is 22.0 Å². The molecule has 0 bridgehead atoms. The van der Waals surface area contributed by atoms with Crippen molar-refractivity contribution in [3.63, 3.8) is 0 Å². The summed E-state index contributed by atoms with van der Waals surface area (Å²) in [6, 6.07) is 0. The molecule has 1 rings (SSSR count). The van der Waals surface area contributed by atoms with Crippen molar-refractivity contribution in [2.24, 2.45) is 4.99 Å². The Bertz CT molecular complexity index is 638. The van der Waals surface area contributed by atoms with Crippen molar-refractivity contribution < 1.29 is 12.8 Å². The molecule has 0 amide bonds. The SMILES string of the molecule is CCNC(=NCc1ncc(C(C)(C)C)o1)NCCNS(=O)(=O)CC.I. The first kappa shape index (κ1) is 24.1. The van der Waals surface area contributed by atoms with Gasteiger partial charge in [-0.2, -0.15) is 0 Å². The fourth-order valence-corrected chi connectivity index (χ4v) is 2.33. The van der Waals surface area contributed by atoms with E-state index in [0.29, 0.717) is 38.0 Å². The van der Waals surface area contributed by atoms with Gasteiger partial charge in [-0.1, -0.05) is 20.8 Å². The zero-order valence-electron chi connectivity index (χ0n) is 15.5. The van der Waals surface area contributed by atoms with E-state index >= 15 is 0 Å². The van der Waals surface area contributed by atoms with Crippen LogP contribution in [0.3, 0.4) is 0 Å². The molecule has 1 aromatic rings. The van der Waals surface area contributed by atoms with E-state index in [9.17, 15) is 8.42 Å². The lowest BCUT2D eigenvalue weighted by molar-refractivity contribution is 0.383. The first-order valence-corrected chi connectivity index (χ1v) is 9.78. The Hall–Kier alpha value is -0.880. The molecule has 0 unspecified atom stereocenters. The first-order chi connectivity index (χ1) is 11.2. The standard InChI is InChI=1S/C15H29N5O3S.HI/c1-6-16-14(17-8-9-20-24(21,22)7-2)19-11-13-18-10-12(23-13)15(3,4)5;/h10,20H,6-9,11H2,1-5H3,(H2,16,17,19);1H. The highest BCUT2D eigenvalue weighted by molar-refractivity contribution is 14.0. The van der Waals surface area contributed by atoms with Gasteiger partial charge in [0.25, 0.3) is 0 Å². The number of hydrogen-bond donors (Lipinski definition) is 3. The summed E-state index contributed by atoms with van der Waals surface area (Å²) in [7, 11) is -3.17. The number of sulfonamides is 1. The quantitative estimate of drug-likeness (QED) is 0.223. The minimum absolute atomic E-state index is 0. The van der Waals surface area contributed by atoms with Gasteiger partial charge in [-0.25, -0.2) is 23.1 Å². The molecule has 0 spiro atoms. The zero-order chi connectivity index (χ0) is 18.2. The summed E-state index contributed by atoms with van der Waals surface area (Å²) in [6.07, 6.45) is 1.73. The molecule has 146 valence electrons. The lowest BCUT2D eigenvalue weighted by Gasteiger charge is -2.13. The third kappa shape index (κ3) is 9.40. The molecule has 25 heavy (non-hydrogen) atoms. The topological polar surface area (TPSA) is 109 Å². The maximum absolute atomic E-state index is 11.4. The molecule has 1 heterocycles. The maximum atomic E-state index is 11.4. The fraction of sp³-hybridized carbons (Fsp3) is 0.733. The van der Waals surface area contributed by atoms with Gasteiger partial charge in [0.15, 0.2) is 5.96 Å². The summed E-state index contributed by atoms with van der Waals surface area (Å²) in [5, 5.41) is 6.16. The minimum Gasteiger partial charge on any atom is -0.443 e. The van der Waals surface area contributed by atoms with Crippen LogP contribution in [-0.4, -0.2) is 44.7 Å². The van der Waals surface area contributed by atoms with Crippen molar-refractivity contribution in [1.29, 1.82) is 0 Å². The van der Waals surface area contributed by atoms with Gasteiger partial charge in [-0.15, -0.1) is 24.0 Å². The number of rotatable bonds is 8. The molecule has 0 atom stereocenters. The summed E-state index contributed by atoms with van der Waals surface area (Å²) >= 11 is 0. The Morgan fingerprint density at radius 1 is 1.24 bits per heavy atom. The van der Waals surface area contributed by atoms with Crippen LogP contribution in [0, 0.1) is 0 Å². The van der Waals surface area contributed by atoms with E-state index in [4.69, 9.17) is 4.42 Å². The predicted molar refractivity (Wildman–Crippen MR) is 111 cm³/mol. The molecule has 1 aromatic heterocycles. The number of halogens is 1. The Labute approximate surface area is 167 Å². The van der Waals surface area contributed by atoms with Gasteiger partial charge >= 0.3 is 0 Å². The van der Waals surface area contributed by atoms with Gasteiger partial charge in [0.05, 0.1) is 11.9 Å². The van der Waals surface area contributed by atoms with Crippen LogP contribution in [0.4, 0.5) is 0 Å². The molecular formula is C15H30IN5O3S. The Morgan fingerprint density at radius 2 is 1.92 bits per heavy atom. The number of hydrogen-bond acceptors (Lipinski definition) is 5. The molecule has 0 aromatic carbocycles. The lowest BCUT2D eigenvalue weighted by atomic mass is 9.94. The highest BCUT2D eigenvalue weighted by Gasteiger charge is 2.19. The van der Waals surface area contributed by atoms with Crippen LogP contribution in [0.1, 0.15) is 46.3 Å². The first-order valence-electron chi connectivity index (χ1n) is 8.12. The number of nitrogens with one attached hydrogen (secondary N) is 3. The van der Waals surface area contributed by atoms with Gasteiger partial charge in [0.2, 0.25) is 15.9 Å². The molecule has 0 aliphatic carbocycles. The van der Waals surface area contributed by atoms with Gasteiger partial charge < -0.3 is 15.1 Å². The van der Waals surface area contributed by atoms with Gasteiger partial charge in [0.1, 0.15) is 12.3 Å². The summed E-state index contributed by atoms with van der Waals surface area (Å²) in [5.41, 5.74) is -0.0891. The third-order valence-corrected chi connectivity index (χ3v) is 4.53. The molecule has 0 fully saturated rings. The monoisotopic (exact) mass is 487 g/mol. The Kier molecular flexibility index (Phi) is 10.6. The second-order valence-corrected chi connectivity index (χ2v) is 8.38. The van der Waals surface area contributed by atoms with Crippen molar-refractivity contribution in [2.75, 3.05) is 25.4 Å². The number of oxazole rings is 1. The second kappa shape index (κ2) is 11.0. The molecule has 0 aliphatic rings. The van der Waals surface area contributed by atoms with E-state index in [1.165, 1.54) is 0 Å². The Morgan fingerprint density at radius 3 is 2.44 bits per heavy atom. The van der Waals surface area contributed by atoms with Crippen LogP contribution in [0.15, 0.2) is 15.6 Å². The molecule has 10 heteroatoms. The van der Waals surface area contributed by atoms with E-state index in [2.05, 4.69) is 46.1 Å². The minimum atomic E-state index is -3.17.